The van der Waals surface area contributed by atoms with E-state index in [1.807, 2.05) is 24.3 Å². The topological polar surface area (TPSA) is 68.8 Å². The molecule has 128 valence electrons. The molecule has 2 aromatic rings. The van der Waals surface area contributed by atoms with Gasteiger partial charge in [0.2, 0.25) is 0 Å². The first kappa shape index (κ1) is 18.0. The van der Waals surface area contributed by atoms with Gasteiger partial charge in [-0.1, -0.05) is 23.7 Å². The molecule has 2 rings (SSSR count). The standard InChI is InChI=1S/C17H20ClN3O3/c1-20(2)16(13-6-4-5-7-17(13)24-3)11-19-15-9-8-12(21(22)23)10-14(15)18/h4-10,16,19H,11H2,1-3H3/p+1/t16-/m1/s1. The van der Waals surface area contributed by atoms with Gasteiger partial charge in [0.15, 0.2) is 0 Å². The molecule has 2 aromatic carbocycles. The van der Waals surface area contributed by atoms with E-state index in [9.17, 15) is 10.1 Å². The smallest absolute Gasteiger partial charge is 0.271 e. The van der Waals surface area contributed by atoms with Crippen molar-refractivity contribution in [1.29, 1.82) is 0 Å². The maximum atomic E-state index is 10.8. The highest BCUT2D eigenvalue weighted by Gasteiger charge is 2.22. The molecule has 0 amide bonds. The third-order valence-corrected chi connectivity index (χ3v) is 4.18. The van der Waals surface area contributed by atoms with Crippen LogP contribution < -0.4 is 15.0 Å². The molecule has 2 N–H and O–H groups in total. The SMILES string of the molecule is COc1ccccc1[C@@H](CNc1ccc([N+](=O)[O-])cc1Cl)[NH+](C)C. The Morgan fingerprint density at radius 2 is 2.00 bits per heavy atom. The summed E-state index contributed by atoms with van der Waals surface area (Å²) in [6, 6.07) is 12.4. The average molecular weight is 351 g/mol. The molecule has 0 spiro atoms. The van der Waals surface area contributed by atoms with Gasteiger partial charge < -0.3 is 15.0 Å². The zero-order chi connectivity index (χ0) is 17.7. The Kier molecular flexibility index (Phi) is 6.00. The Morgan fingerprint density at radius 3 is 2.58 bits per heavy atom. The van der Waals surface area contributed by atoms with Gasteiger partial charge in [-0.25, -0.2) is 0 Å². The molecular formula is C17H21ClN3O3+. The maximum Gasteiger partial charge on any atom is 0.271 e. The number of anilines is 1. The first-order valence-electron chi connectivity index (χ1n) is 7.54. The number of rotatable bonds is 7. The predicted octanol–water partition coefficient (Wildman–Crippen LogP) is 2.55. The second kappa shape index (κ2) is 7.99. The van der Waals surface area contributed by atoms with E-state index in [1.165, 1.54) is 17.0 Å². The number of para-hydroxylation sites is 1. The van der Waals surface area contributed by atoms with Crippen molar-refractivity contribution in [3.05, 3.63) is 63.2 Å². The molecule has 0 aliphatic heterocycles. The number of quaternary nitrogens is 1. The molecule has 0 bridgehead atoms. The summed E-state index contributed by atoms with van der Waals surface area (Å²) in [5.41, 5.74) is 1.74. The minimum atomic E-state index is -0.461. The van der Waals surface area contributed by atoms with E-state index in [0.29, 0.717) is 17.3 Å². The first-order chi connectivity index (χ1) is 11.4. The molecule has 0 radical (unpaired) electrons. The van der Waals surface area contributed by atoms with Gasteiger partial charge in [-0.3, -0.25) is 10.1 Å². The van der Waals surface area contributed by atoms with E-state index in [-0.39, 0.29) is 11.7 Å². The Hall–Kier alpha value is -2.31. The van der Waals surface area contributed by atoms with Gasteiger partial charge in [-0.05, 0) is 18.2 Å². The van der Waals surface area contributed by atoms with Gasteiger partial charge >= 0.3 is 0 Å². The summed E-state index contributed by atoms with van der Waals surface area (Å²) in [5, 5.41) is 14.4. The lowest BCUT2D eigenvalue weighted by atomic mass is 10.0. The molecule has 0 fully saturated rings. The van der Waals surface area contributed by atoms with Crippen molar-refractivity contribution in [3.8, 4) is 5.75 Å². The first-order valence-corrected chi connectivity index (χ1v) is 7.92. The Balaban J connectivity index is 2.19. The Labute approximate surface area is 146 Å². The van der Waals surface area contributed by atoms with Crippen LogP contribution >= 0.6 is 11.6 Å². The third-order valence-electron chi connectivity index (χ3n) is 3.87. The number of nitrogens with one attached hydrogen (secondary N) is 2. The monoisotopic (exact) mass is 350 g/mol. The van der Waals surface area contributed by atoms with Gasteiger partial charge in [0, 0.05) is 12.1 Å². The number of hydrogen-bond donors (Lipinski definition) is 2. The van der Waals surface area contributed by atoms with Crippen LogP contribution in [-0.2, 0) is 0 Å². The fourth-order valence-electron chi connectivity index (χ4n) is 2.55. The van der Waals surface area contributed by atoms with E-state index >= 15 is 0 Å². The van der Waals surface area contributed by atoms with Crippen LogP contribution in [0.4, 0.5) is 11.4 Å². The zero-order valence-electron chi connectivity index (χ0n) is 13.9. The second-order valence-electron chi connectivity index (χ2n) is 5.67. The summed E-state index contributed by atoms with van der Waals surface area (Å²) in [5.74, 6) is 0.834. The van der Waals surface area contributed by atoms with E-state index in [4.69, 9.17) is 16.3 Å². The van der Waals surface area contributed by atoms with Crippen LogP contribution in [0, 0.1) is 10.1 Å². The van der Waals surface area contributed by atoms with Crippen LogP contribution in [0.3, 0.4) is 0 Å². The number of methoxy groups -OCH3 is 1. The number of benzene rings is 2. The lowest BCUT2D eigenvalue weighted by Crippen LogP contribution is -3.06. The molecule has 0 saturated carbocycles. The lowest BCUT2D eigenvalue weighted by molar-refractivity contribution is -0.890. The molecule has 24 heavy (non-hydrogen) atoms. The minimum Gasteiger partial charge on any atom is -0.496 e. The largest absolute Gasteiger partial charge is 0.496 e. The van der Waals surface area contributed by atoms with E-state index in [0.717, 1.165) is 11.3 Å². The summed E-state index contributed by atoms with van der Waals surface area (Å²) in [7, 11) is 5.79. The molecule has 0 aliphatic carbocycles. The molecule has 0 aromatic heterocycles. The predicted molar refractivity (Wildman–Crippen MR) is 95.1 cm³/mol. The van der Waals surface area contributed by atoms with Crippen molar-refractivity contribution < 1.29 is 14.6 Å². The number of nitro groups is 1. The van der Waals surface area contributed by atoms with Crippen LogP contribution in [0.5, 0.6) is 5.75 Å². The van der Waals surface area contributed by atoms with Crippen molar-refractivity contribution in [1.82, 2.24) is 0 Å². The van der Waals surface area contributed by atoms with Gasteiger partial charge in [-0.2, -0.15) is 0 Å². The fourth-order valence-corrected chi connectivity index (χ4v) is 2.79. The van der Waals surface area contributed by atoms with Gasteiger partial charge in [-0.15, -0.1) is 0 Å². The van der Waals surface area contributed by atoms with Crippen LogP contribution in [0.2, 0.25) is 5.02 Å². The highest BCUT2D eigenvalue weighted by atomic mass is 35.5. The zero-order valence-corrected chi connectivity index (χ0v) is 14.6. The van der Waals surface area contributed by atoms with Crippen molar-refractivity contribution in [2.24, 2.45) is 0 Å². The summed E-state index contributed by atoms with van der Waals surface area (Å²) < 4.78 is 5.45. The fraction of sp³-hybridized carbons (Fsp3) is 0.294. The van der Waals surface area contributed by atoms with Crippen molar-refractivity contribution in [2.75, 3.05) is 33.1 Å². The molecule has 0 unspecified atom stereocenters. The second-order valence-corrected chi connectivity index (χ2v) is 6.08. The van der Waals surface area contributed by atoms with Crippen molar-refractivity contribution in [2.45, 2.75) is 6.04 Å². The quantitative estimate of drug-likeness (QED) is 0.595. The van der Waals surface area contributed by atoms with Crippen LogP contribution in [0.1, 0.15) is 11.6 Å². The number of non-ortho nitro benzene ring substituents is 1. The molecule has 0 aliphatic rings. The highest BCUT2D eigenvalue weighted by Crippen LogP contribution is 2.28. The number of nitro benzene ring substituents is 1. The van der Waals surface area contributed by atoms with Crippen LogP contribution in [0.25, 0.3) is 0 Å². The third kappa shape index (κ3) is 4.15. The van der Waals surface area contributed by atoms with Gasteiger partial charge in [0.25, 0.3) is 5.69 Å². The summed E-state index contributed by atoms with van der Waals surface area (Å²) in [6.45, 7) is 0.611. The molecule has 0 heterocycles. The Morgan fingerprint density at radius 1 is 1.29 bits per heavy atom. The summed E-state index contributed by atoms with van der Waals surface area (Å²) in [6.07, 6.45) is 0. The summed E-state index contributed by atoms with van der Waals surface area (Å²) >= 11 is 6.14. The van der Waals surface area contributed by atoms with Gasteiger partial charge in [0.05, 0.1) is 48.9 Å². The van der Waals surface area contributed by atoms with Crippen LogP contribution in [0.15, 0.2) is 42.5 Å². The molecule has 0 saturated heterocycles. The van der Waals surface area contributed by atoms with E-state index in [2.05, 4.69) is 19.4 Å². The van der Waals surface area contributed by atoms with Gasteiger partial charge in [0.1, 0.15) is 11.8 Å². The summed E-state index contributed by atoms with van der Waals surface area (Å²) in [4.78, 5) is 11.6. The number of nitrogens with zero attached hydrogens (tertiary/aromatic N) is 1. The average Bonchev–Trinajstić information content (AvgIpc) is 2.56. The van der Waals surface area contributed by atoms with Crippen molar-refractivity contribution >= 4 is 23.0 Å². The van der Waals surface area contributed by atoms with Crippen molar-refractivity contribution in [3.63, 3.8) is 0 Å². The van der Waals surface area contributed by atoms with E-state index < -0.39 is 4.92 Å². The molecule has 6 nitrogen and oxygen atoms in total. The number of halogens is 1. The minimum absolute atomic E-state index is 0.0231. The molecule has 1 atom stereocenters. The number of likely N-dealkylation sites (N-methyl/N-ethyl adjacent to an activating group) is 1. The van der Waals surface area contributed by atoms with E-state index in [1.54, 1.807) is 13.2 Å². The maximum absolute atomic E-state index is 10.8. The number of hydrogen-bond acceptors (Lipinski definition) is 4. The highest BCUT2D eigenvalue weighted by molar-refractivity contribution is 6.33. The molecular weight excluding hydrogens is 330 g/mol. The van der Waals surface area contributed by atoms with Crippen LogP contribution in [-0.4, -0.2) is 32.7 Å². The Bertz CT molecular complexity index is 722. The number of ether oxygens (including phenoxy) is 1. The normalized spacial score (nSPS) is 12.0. The molecule has 7 heteroatoms. The lowest BCUT2D eigenvalue weighted by Gasteiger charge is -2.24.